The number of carbonyl (C=O) groups excluding carboxylic acids is 2. The molecule has 56 heavy (non-hydrogen) atoms. The zero-order chi connectivity index (χ0) is 40.1. The van der Waals surface area contributed by atoms with Gasteiger partial charge >= 0.3 is 11.9 Å². The van der Waals surface area contributed by atoms with Crippen molar-refractivity contribution in [3.63, 3.8) is 0 Å². The second-order valence-electron chi connectivity index (χ2n) is 13.8. The molecular formula is C39H40F2N9O6+. The maximum absolute atomic E-state index is 15.9. The first-order chi connectivity index (χ1) is 26.8. The Labute approximate surface area is 321 Å². The number of likely N-dealkylation sites (N-methyl/N-ethyl adjacent to an activating group) is 1. The smallest absolute Gasteiger partial charge is 0.368 e. The van der Waals surface area contributed by atoms with Crippen LogP contribution in [0.2, 0.25) is 0 Å². The van der Waals surface area contributed by atoms with Crippen molar-refractivity contribution >= 4 is 41.3 Å². The third kappa shape index (κ3) is 8.37. The summed E-state index contributed by atoms with van der Waals surface area (Å²) in [5.41, 5.74) is 1.65. The van der Waals surface area contributed by atoms with Crippen LogP contribution in [0.25, 0.3) is 0 Å². The molecule has 0 spiro atoms. The Morgan fingerprint density at radius 3 is 2.52 bits per heavy atom. The number of halogens is 2. The fraction of sp³-hybridized carbons (Fsp3) is 0.282. The van der Waals surface area contributed by atoms with Crippen molar-refractivity contribution in [3.8, 4) is 11.5 Å². The van der Waals surface area contributed by atoms with Crippen LogP contribution < -0.4 is 24.6 Å². The van der Waals surface area contributed by atoms with Gasteiger partial charge in [0.05, 0.1) is 53.0 Å². The quantitative estimate of drug-likeness (QED) is 0.0626. The number of fused-ring (bicyclic) bond motifs is 1. The van der Waals surface area contributed by atoms with E-state index in [1.807, 2.05) is 14.1 Å². The van der Waals surface area contributed by atoms with Crippen LogP contribution in [0.1, 0.15) is 36.1 Å². The van der Waals surface area contributed by atoms with Crippen molar-refractivity contribution < 1.29 is 37.2 Å². The van der Waals surface area contributed by atoms with Gasteiger partial charge in [0, 0.05) is 36.9 Å². The van der Waals surface area contributed by atoms with Gasteiger partial charge in [-0.3, -0.25) is 14.6 Å². The van der Waals surface area contributed by atoms with Gasteiger partial charge in [-0.25, -0.2) is 23.5 Å². The van der Waals surface area contributed by atoms with Crippen LogP contribution in [0.5, 0.6) is 11.5 Å². The number of nitrogens with one attached hydrogen (secondary N) is 1. The Balaban J connectivity index is 1.27. The van der Waals surface area contributed by atoms with Gasteiger partial charge in [-0.15, -0.1) is 0 Å². The van der Waals surface area contributed by atoms with E-state index in [1.54, 1.807) is 61.7 Å². The van der Waals surface area contributed by atoms with Crippen molar-refractivity contribution in [1.29, 1.82) is 0 Å². The number of pyridine rings is 1. The highest BCUT2D eigenvalue weighted by Gasteiger charge is 2.40. The van der Waals surface area contributed by atoms with E-state index >= 15 is 8.78 Å². The monoisotopic (exact) mass is 768 g/mol. The van der Waals surface area contributed by atoms with E-state index in [1.165, 1.54) is 37.6 Å². The highest BCUT2D eigenvalue weighted by molar-refractivity contribution is 6.06. The first-order valence-corrected chi connectivity index (χ1v) is 17.5. The van der Waals surface area contributed by atoms with Gasteiger partial charge in [-0.2, -0.15) is 4.98 Å². The predicted molar refractivity (Wildman–Crippen MR) is 205 cm³/mol. The normalized spacial score (nSPS) is 14.7. The molecule has 0 saturated heterocycles. The number of rotatable bonds is 15. The summed E-state index contributed by atoms with van der Waals surface area (Å²) in [5, 5.41) is 14.3. The summed E-state index contributed by atoms with van der Waals surface area (Å²) < 4.78 is 42.4. The number of ketones is 1. The largest absolute Gasteiger partial charge is 0.493 e. The molecular weight excluding hydrogens is 728 g/mol. The molecule has 0 radical (unpaired) electrons. The van der Waals surface area contributed by atoms with Crippen LogP contribution in [0.4, 0.5) is 36.8 Å². The molecule has 0 bridgehead atoms. The number of benzene rings is 2. The molecule has 17 heteroatoms. The van der Waals surface area contributed by atoms with Gasteiger partial charge in [-0.05, 0) is 47.3 Å². The Morgan fingerprint density at radius 2 is 1.84 bits per heavy atom. The summed E-state index contributed by atoms with van der Waals surface area (Å²) in [7, 11) is 6.28. The lowest BCUT2D eigenvalue weighted by Crippen LogP contribution is -2.49. The molecule has 0 fully saturated rings. The number of hydrogen-bond acceptors (Lipinski definition) is 11. The van der Waals surface area contributed by atoms with Crippen LogP contribution >= 0.6 is 0 Å². The first-order valence-electron chi connectivity index (χ1n) is 17.5. The fourth-order valence-corrected chi connectivity index (χ4v) is 6.58. The molecule has 1 unspecified atom stereocenters. The molecule has 2 aromatic carbocycles. The number of carbonyl (C=O) groups is 2. The number of urea groups is 1. The number of anilines is 4. The highest BCUT2D eigenvalue weighted by Crippen LogP contribution is 2.42. The molecule has 2 aliphatic rings. The highest BCUT2D eigenvalue weighted by atomic mass is 19.1. The Kier molecular flexibility index (Phi) is 11.4. The molecule has 15 nitrogen and oxygen atoms in total. The van der Waals surface area contributed by atoms with Crippen LogP contribution in [0.15, 0.2) is 89.5 Å². The van der Waals surface area contributed by atoms with E-state index in [9.17, 15) is 19.7 Å². The number of allylic oxidation sites excluding steroid dienone is 1. The van der Waals surface area contributed by atoms with E-state index in [2.05, 4.69) is 25.3 Å². The number of aromatic nitrogens is 3. The number of amides is 2. The van der Waals surface area contributed by atoms with Crippen LogP contribution in [-0.2, 0) is 17.8 Å². The average molecular weight is 769 g/mol. The van der Waals surface area contributed by atoms with Crippen molar-refractivity contribution in [3.05, 3.63) is 123 Å². The van der Waals surface area contributed by atoms with Crippen molar-refractivity contribution in [2.45, 2.75) is 32.4 Å². The predicted octanol–water partition coefficient (Wildman–Crippen LogP) is 6.33. The summed E-state index contributed by atoms with van der Waals surface area (Å²) in [6.07, 6.45) is 8.30. The van der Waals surface area contributed by atoms with Crippen molar-refractivity contribution in [1.82, 2.24) is 15.0 Å². The number of methoxy groups -OCH3 is 2. The minimum atomic E-state index is -1.09. The van der Waals surface area contributed by atoms with Crippen LogP contribution in [-0.4, -0.2) is 83.8 Å². The van der Waals surface area contributed by atoms with Crippen LogP contribution in [0, 0.1) is 21.7 Å². The maximum Gasteiger partial charge on any atom is 0.368 e. The third-order valence-electron chi connectivity index (χ3n) is 9.32. The summed E-state index contributed by atoms with van der Waals surface area (Å²) >= 11 is 0. The zero-order valence-corrected chi connectivity index (χ0v) is 31.4. The number of nitrogens with zero attached hydrogens (tertiary/aromatic N) is 8. The molecule has 290 valence electrons. The second kappa shape index (κ2) is 16.4. The Bertz CT molecular complexity index is 2240. The molecule has 1 atom stereocenters. The van der Waals surface area contributed by atoms with E-state index in [-0.39, 0.29) is 47.8 Å². The molecule has 4 heterocycles. The summed E-state index contributed by atoms with van der Waals surface area (Å²) in [5.74, 6) is -2.31. The topological polar surface area (TPSA) is 165 Å². The standard InChI is InChI=1S/C39H40F2N9O6/c1-24(26-11-8-10-25(18-26)19-29(51)12-9-17-50(2,3)23-27-14-16-43-36(27)49(53)54)48-37-28(21-44-38(46-37)45-32-13-6-7-15-42-32)22-47(39(48)52)35-33(40)30(55-4)20-31(56-5)34(35)41/h6-13,15-16,18,20-21,24H,14,17,19,22-23H2,1-5H3,(H,42,44,45,46)/q+1/b12-9+. The fourth-order valence-electron chi connectivity index (χ4n) is 6.58. The van der Waals surface area contributed by atoms with Crippen LogP contribution in [0.3, 0.4) is 0 Å². The van der Waals surface area contributed by atoms with E-state index in [0.717, 1.165) is 11.0 Å². The average Bonchev–Trinajstić information content (AvgIpc) is 3.63. The summed E-state index contributed by atoms with van der Waals surface area (Å²) in [4.78, 5) is 58.0. The zero-order valence-electron chi connectivity index (χ0n) is 31.4. The molecule has 2 amide bonds. The minimum Gasteiger partial charge on any atom is -0.493 e. The molecule has 0 aliphatic carbocycles. The summed E-state index contributed by atoms with van der Waals surface area (Å²) in [6.45, 7) is 2.32. The molecule has 2 aliphatic heterocycles. The SMILES string of the molecule is COc1cc(OC)c(F)c(N2Cc3cnc(Nc4ccccn4)nc3N(C(C)c3cccc(CC(=O)/C=C/C[N+](C)(C)CC4=C([N+](=O)[O-])N=CC4)c3)C2=O)c1F. The van der Waals surface area contributed by atoms with Gasteiger partial charge in [0.1, 0.15) is 30.1 Å². The van der Waals surface area contributed by atoms with E-state index in [0.29, 0.717) is 52.1 Å². The van der Waals surface area contributed by atoms with Crippen molar-refractivity contribution in [2.75, 3.05) is 56.5 Å². The number of hydrogen-bond donors (Lipinski definition) is 1. The number of ether oxygens (including phenoxy) is 2. The van der Waals surface area contributed by atoms with Gasteiger partial charge < -0.3 is 29.4 Å². The molecule has 4 aromatic rings. The van der Waals surface area contributed by atoms with Gasteiger partial charge in [0.15, 0.2) is 28.9 Å². The van der Waals surface area contributed by atoms with Gasteiger partial charge in [-0.1, -0.05) is 35.3 Å². The lowest BCUT2D eigenvalue weighted by molar-refractivity contribution is -0.880. The Morgan fingerprint density at radius 1 is 1.09 bits per heavy atom. The minimum absolute atomic E-state index is 0.0476. The lowest BCUT2D eigenvalue weighted by Gasteiger charge is -2.39. The molecule has 2 aromatic heterocycles. The maximum atomic E-state index is 15.9. The van der Waals surface area contributed by atoms with Crippen molar-refractivity contribution in [2.24, 2.45) is 4.99 Å². The van der Waals surface area contributed by atoms with Gasteiger partial charge in [0.25, 0.3) is 0 Å². The van der Waals surface area contributed by atoms with Gasteiger partial charge in [0.2, 0.25) is 5.95 Å². The number of quaternary nitrogens is 1. The lowest BCUT2D eigenvalue weighted by atomic mass is 10.00. The first kappa shape index (κ1) is 39.1. The molecule has 6 rings (SSSR count). The number of aliphatic imine (C=N–C) groups is 1. The Hall–Kier alpha value is -6.62. The third-order valence-corrected chi connectivity index (χ3v) is 9.32. The van der Waals surface area contributed by atoms with E-state index < -0.39 is 34.3 Å². The molecule has 1 N–H and O–H groups in total. The molecule has 0 saturated carbocycles. The number of nitro groups is 1. The summed E-state index contributed by atoms with van der Waals surface area (Å²) in [6, 6.07) is 11.9. The second-order valence-corrected chi connectivity index (χ2v) is 13.8. The van der Waals surface area contributed by atoms with E-state index in [4.69, 9.17) is 9.47 Å².